The van der Waals surface area contributed by atoms with Gasteiger partial charge in [-0.05, 0) is 18.6 Å². The zero-order valence-corrected chi connectivity index (χ0v) is 7.62. The van der Waals surface area contributed by atoms with Gasteiger partial charge in [0.25, 0.3) is 0 Å². The van der Waals surface area contributed by atoms with Crippen LogP contribution in [0.1, 0.15) is 5.56 Å². The lowest BCUT2D eigenvalue weighted by Crippen LogP contribution is -1.77. The van der Waals surface area contributed by atoms with Crippen molar-refractivity contribution in [3.8, 4) is 0 Å². The number of aromatic nitrogens is 2. The predicted molar refractivity (Wildman–Crippen MR) is 49.4 cm³/mol. The number of benzene rings is 1. The summed E-state index contributed by atoms with van der Waals surface area (Å²) in [6.07, 6.45) is 0. The van der Waals surface area contributed by atoms with Gasteiger partial charge in [-0.25, -0.2) is 0 Å². The minimum absolute atomic E-state index is 0.915. The molecule has 0 amide bonds. The third-order valence-electron chi connectivity index (χ3n) is 1.60. The fourth-order valence-electron chi connectivity index (χ4n) is 0.939. The first-order chi connectivity index (χ1) is 5.29. The number of rotatable bonds is 0. The minimum atomic E-state index is 0.915. The molecule has 1 aromatic carbocycles. The normalized spacial score (nSPS) is 10.7. The third kappa shape index (κ3) is 1.02. The lowest BCUT2D eigenvalue weighted by Gasteiger charge is -1.95. The Morgan fingerprint density at radius 1 is 1.36 bits per heavy atom. The Morgan fingerprint density at radius 2 is 2.18 bits per heavy atom. The average Bonchev–Trinajstić information content (AvgIpc) is 2.45. The zero-order valence-electron chi connectivity index (χ0n) is 5.90. The standard InChI is InChI=1S/C7H6N2S2/c1-4-2-3-5-6(7(4)10)9-11-8-5/h2-3,10H,1H3. The van der Waals surface area contributed by atoms with Crippen molar-refractivity contribution in [1.82, 2.24) is 8.75 Å². The van der Waals surface area contributed by atoms with Gasteiger partial charge >= 0.3 is 0 Å². The topological polar surface area (TPSA) is 25.8 Å². The highest BCUT2D eigenvalue weighted by molar-refractivity contribution is 7.80. The quantitative estimate of drug-likeness (QED) is 0.632. The van der Waals surface area contributed by atoms with Gasteiger partial charge in [0.2, 0.25) is 0 Å². The molecule has 2 aromatic rings. The van der Waals surface area contributed by atoms with Gasteiger partial charge in [0.05, 0.1) is 11.7 Å². The van der Waals surface area contributed by atoms with Crippen LogP contribution in [0.15, 0.2) is 17.0 Å². The summed E-state index contributed by atoms with van der Waals surface area (Å²) in [5, 5.41) is 0. The van der Waals surface area contributed by atoms with E-state index in [2.05, 4.69) is 21.4 Å². The summed E-state index contributed by atoms with van der Waals surface area (Å²) in [7, 11) is 0. The van der Waals surface area contributed by atoms with Crippen molar-refractivity contribution in [3.05, 3.63) is 17.7 Å². The van der Waals surface area contributed by atoms with Crippen LogP contribution in [0.25, 0.3) is 11.0 Å². The highest BCUT2D eigenvalue weighted by atomic mass is 32.1. The summed E-state index contributed by atoms with van der Waals surface area (Å²) in [5.41, 5.74) is 3.00. The molecule has 0 atom stereocenters. The maximum absolute atomic E-state index is 4.33. The van der Waals surface area contributed by atoms with Crippen molar-refractivity contribution in [1.29, 1.82) is 0 Å². The van der Waals surface area contributed by atoms with Crippen molar-refractivity contribution in [2.24, 2.45) is 0 Å². The fourth-order valence-corrected chi connectivity index (χ4v) is 1.79. The van der Waals surface area contributed by atoms with Crippen molar-refractivity contribution >= 4 is 35.4 Å². The molecule has 0 unspecified atom stereocenters. The Balaban J connectivity index is 2.93. The summed E-state index contributed by atoms with van der Waals surface area (Å²) in [5.74, 6) is 0. The molecule has 0 N–H and O–H groups in total. The van der Waals surface area contributed by atoms with Gasteiger partial charge in [-0.1, -0.05) is 6.07 Å². The largest absolute Gasteiger partial charge is 0.173 e. The van der Waals surface area contributed by atoms with Crippen LogP contribution in [-0.2, 0) is 0 Å². The molecule has 11 heavy (non-hydrogen) atoms. The van der Waals surface area contributed by atoms with Gasteiger partial charge in [0.15, 0.2) is 0 Å². The van der Waals surface area contributed by atoms with E-state index in [4.69, 9.17) is 0 Å². The number of thiol groups is 1. The van der Waals surface area contributed by atoms with E-state index in [0.29, 0.717) is 0 Å². The lowest BCUT2D eigenvalue weighted by atomic mass is 10.2. The SMILES string of the molecule is Cc1ccc2nsnc2c1S. The van der Waals surface area contributed by atoms with E-state index in [1.165, 1.54) is 11.7 Å². The van der Waals surface area contributed by atoms with E-state index in [1.807, 2.05) is 19.1 Å². The van der Waals surface area contributed by atoms with Gasteiger partial charge < -0.3 is 0 Å². The average molecular weight is 182 g/mol. The molecule has 1 aromatic heterocycles. The molecule has 0 spiro atoms. The molecular formula is C7H6N2S2. The lowest BCUT2D eigenvalue weighted by molar-refractivity contribution is 1.34. The van der Waals surface area contributed by atoms with E-state index in [1.54, 1.807) is 0 Å². The van der Waals surface area contributed by atoms with E-state index in [-0.39, 0.29) is 0 Å². The van der Waals surface area contributed by atoms with Crippen LogP contribution in [0.2, 0.25) is 0 Å². The Bertz CT molecular complexity index is 394. The molecule has 1 heterocycles. The second-order valence-corrected chi connectivity index (χ2v) is 3.34. The van der Waals surface area contributed by atoms with Crippen LogP contribution < -0.4 is 0 Å². The zero-order chi connectivity index (χ0) is 7.84. The Hall–Kier alpha value is -0.610. The number of hydrogen-bond donors (Lipinski definition) is 1. The van der Waals surface area contributed by atoms with Crippen LogP contribution in [0.3, 0.4) is 0 Å². The van der Waals surface area contributed by atoms with Crippen LogP contribution in [0, 0.1) is 6.92 Å². The smallest absolute Gasteiger partial charge is 0.118 e. The maximum atomic E-state index is 4.33. The summed E-state index contributed by atoms with van der Waals surface area (Å²) in [6, 6.07) is 3.97. The summed E-state index contributed by atoms with van der Waals surface area (Å²) in [6.45, 7) is 2.02. The number of fused-ring (bicyclic) bond motifs is 1. The van der Waals surface area contributed by atoms with E-state index >= 15 is 0 Å². The van der Waals surface area contributed by atoms with Gasteiger partial charge in [0, 0.05) is 4.90 Å². The van der Waals surface area contributed by atoms with Crippen LogP contribution in [-0.4, -0.2) is 8.75 Å². The van der Waals surface area contributed by atoms with Crippen molar-refractivity contribution in [3.63, 3.8) is 0 Å². The molecule has 2 rings (SSSR count). The summed E-state index contributed by atoms with van der Waals surface area (Å²) >= 11 is 5.56. The van der Waals surface area contributed by atoms with Gasteiger partial charge in [-0.3, -0.25) is 0 Å². The number of hydrogen-bond acceptors (Lipinski definition) is 4. The maximum Gasteiger partial charge on any atom is 0.118 e. The first kappa shape index (κ1) is 7.06. The Labute approximate surface area is 74.0 Å². The Morgan fingerprint density at radius 3 is 3.00 bits per heavy atom. The highest BCUT2D eigenvalue weighted by Gasteiger charge is 2.03. The number of nitrogens with zero attached hydrogens (tertiary/aromatic N) is 2. The molecule has 0 bridgehead atoms. The van der Waals surface area contributed by atoms with E-state index in [0.717, 1.165) is 21.5 Å². The molecule has 56 valence electrons. The molecule has 0 aliphatic carbocycles. The molecule has 0 aliphatic heterocycles. The molecule has 4 heteroatoms. The molecule has 0 saturated carbocycles. The van der Waals surface area contributed by atoms with Gasteiger partial charge in [0.1, 0.15) is 11.0 Å². The first-order valence-electron chi connectivity index (χ1n) is 3.20. The molecule has 0 saturated heterocycles. The third-order valence-corrected chi connectivity index (χ3v) is 2.71. The van der Waals surface area contributed by atoms with Crippen LogP contribution in [0.4, 0.5) is 0 Å². The minimum Gasteiger partial charge on any atom is -0.173 e. The highest BCUT2D eigenvalue weighted by Crippen LogP contribution is 2.22. The molecular weight excluding hydrogens is 176 g/mol. The second kappa shape index (κ2) is 2.46. The van der Waals surface area contributed by atoms with Crippen molar-refractivity contribution in [2.75, 3.05) is 0 Å². The molecule has 0 fully saturated rings. The molecule has 2 nitrogen and oxygen atoms in total. The first-order valence-corrected chi connectivity index (χ1v) is 4.37. The fraction of sp³-hybridized carbons (Fsp3) is 0.143. The monoisotopic (exact) mass is 182 g/mol. The Kier molecular flexibility index (Phi) is 1.58. The molecule has 0 aliphatic rings. The van der Waals surface area contributed by atoms with E-state index in [9.17, 15) is 0 Å². The van der Waals surface area contributed by atoms with Gasteiger partial charge in [-0.2, -0.15) is 8.75 Å². The second-order valence-electron chi connectivity index (χ2n) is 2.36. The van der Waals surface area contributed by atoms with Crippen LogP contribution >= 0.6 is 24.4 Å². The van der Waals surface area contributed by atoms with Crippen LogP contribution in [0.5, 0.6) is 0 Å². The number of aryl methyl sites for hydroxylation is 1. The van der Waals surface area contributed by atoms with Crippen molar-refractivity contribution in [2.45, 2.75) is 11.8 Å². The molecule has 0 radical (unpaired) electrons. The predicted octanol–water partition coefficient (Wildman–Crippen LogP) is 2.29. The van der Waals surface area contributed by atoms with Crippen molar-refractivity contribution < 1.29 is 0 Å². The van der Waals surface area contributed by atoms with Gasteiger partial charge in [-0.15, -0.1) is 12.6 Å². The van der Waals surface area contributed by atoms with E-state index < -0.39 is 0 Å². The summed E-state index contributed by atoms with van der Waals surface area (Å²) in [4.78, 5) is 0.941. The summed E-state index contributed by atoms with van der Waals surface area (Å²) < 4.78 is 8.24.